The molecule has 3 heterocycles. The van der Waals surface area contributed by atoms with Gasteiger partial charge in [-0.3, -0.25) is 4.68 Å². The third kappa shape index (κ3) is 4.02. The van der Waals surface area contributed by atoms with Gasteiger partial charge < -0.3 is 19.9 Å². The molecule has 2 amide bonds. The van der Waals surface area contributed by atoms with Crippen LogP contribution in [0.2, 0.25) is 0 Å². The predicted molar refractivity (Wildman–Crippen MR) is 91.0 cm³/mol. The van der Waals surface area contributed by atoms with Crippen molar-refractivity contribution in [3.63, 3.8) is 0 Å². The van der Waals surface area contributed by atoms with Crippen molar-refractivity contribution in [2.45, 2.75) is 6.54 Å². The molecule has 0 aromatic carbocycles. The number of amides is 2. The molecule has 8 heteroatoms. The zero-order chi connectivity index (χ0) is 16.9. The average Bonchev–Trinajstić information content (AvgIpc) is 3.01. The van der Waals surface area contributed by atoms with Crippen LogP contribution in [0.15, 0.2) is 30.7 Å². The molecule has 0 unspecified atom stereocenters. The summed E-state index contributed by atoms with van der Waals surface area (Å²) >= 11 is 0. The van der Waals surface area contributed by atoms with Crippen LogP contribution >= 0.6 is 0 Å². The van der Waals surface area contributed by atoms with Crippen LogP contribution in [0.25, 0.3) is 0 Å². The van der Waals surface area contributed by atoms with Crippen LogP contribution in [0.4, 0.5) is 16.3 Å². The van der Waals surface area contributed by atoms with E-state index >= 15 is 0 Å². The summed E-state index contributed by atoms with van der Waals surface area (Å²) < 4.78 is 7.05. The van der Waals surface area contributed by atoms with Gasteiger partial charge in [0.2, 0.25) is 0 Å². The predicted octanol–water partition coefficient (Wildman–Crippen LogP) is 1.32. The number of morpholine rings is 1. The van der Waals surface area contributed by atoms with Crippen molar-refractivity contribution in [2.24, 2.45) is 7.05 Å². The van der Waals surface area contributed by atoms with E-state index in [0.29, 0.717) is 12.2 Å². The zero-order valence-corrected chi connectivity index (χ0v) is 14.0. The number of carbonyl (C=O) groups excluding carboxylic acids is 1. The molecule has 128 valence electrons. The van der Waals surface area contributed by atoms with Gasteiger partial charge in [0, 0.05) is 38.9 Å². The standard InChI is InChI=1S/C16H22N6O2/c1-20(11-13-9-18-21(2)12-13)16(23)19-14-3-4-15(17-10-14)22-5-7-24-8-6-22/h3-4,9-10,12H,5-8,11H2,1-2H3,(H,19,23). The molecule has 0 atom stereocenters. The van der Waals surface area contributed by atoms with Gasteiger partial charge in [-0.1, -0.05) is 0 Å². The highest BCUT2D eigenvalue weighted by Gasteiger charge is 2.13. The van der Waals surface area contributed by atoms with Crippen molar-refractivity contribution >= 4 is 17.5 Å². The summed E-state index contributed by atoms with van der Waals surface area (Å²) in [5, 5.41) is 6.95. The van der Waals surface area contributed by atoms with Gasteiger partial charge in [-0.15, -0.1) is 0 Å². The second-order valence-electron chi connectivity index (χ2n) is 5.81. The Morgan fingerprint density at radius 3 is 2.75 bits per heavy atom. The number of pyridine rings is 1. The van der Waals surface area contributed by atoms with E-state index in [1.54, 1.807) is 29.0 Å². The Morgan fingerprint density at radius 2 is 2.12 bits per heavy atom. The molecule has 1 fully saturated rings. The van der Waals surface area contributed by atoms with Crippen molar-refractivity contribution in [3.05, 3.63) is 36.3 Å². The second kappa shape index (κ2) is 7.31. The minimum absolute atomic E-state index is 0.181. The van der Waals surface area contributed by atoms with Gasteiger partial charge in [0.25, 0.3) is 0 Å². The Bertz CT molecular complexity index is 678. The first-order valence-electron chi connectivity index (χ1n) is 7.90. The van der Waals surface area contributed by atoms with Gasteiger partial charge in [0.05, 0.1) is 37.8 Å². The fourth-order valence-electron chi connectivity index (χ4n) is 2.56. The maximum Gasteiger partial charge on any atom is 0.321 e. The first-order chi connectivity index (χ1) is 11.6. The normalized spacial score (nSPS) is 14.5. The zero-order valence-electron chi connectivity index (χ0n) is 14.0. The summed E-state index contributed by atoms with van der Waals surface area (Å²) in [5.74, 6) is 0.903. The second-order valence-corrected chi connectivity index (χ2v) is 5.81. The number of aromatic nitrogens is 3. The van der Waals surface area contributed by atoms with Crippen molar-refractivity contribution in [2.75, 3.05) is 43.6 Å². The van der Waals surface area contributed by atoms with Crippen LogP contribution in [0.1, 0.15) is 5.56 Å². The molecular formula is C16H22N6O2. The number of carbonyl (C=O) groups is 1. The Hall–Kier alpha value is -2.61. The van der Waals surface area contributed by atoms with Gasteiger partial charge in [-0.2, -0.15) is 5.10 Å². The lowest BCUT2D eigenvalue weighted by molar-refractivity contribution is 0.122. The minimum Gasteiger partial charge on any atom is -0.378 e. The number of urea groups is 1. The summed E-state index contributed by atoms with van der Waals surface area (Å²) in [6, 6.07) is 3.61. The number of anilines is 2. The van der Waals surface area contributed by atoms with Gasteiger partial charge in [0.15, 0.2) is 0 Å². The van der Waals surface area contributed by atoms with E-state index in [2.05, 4.69) is 20.3 Å². The Kier molecular flexibility index (Phi) is 4.95. The van der Waals surface area contributed by atoms with Gasteiger partial charge in [-0.05, 0) is 12.1 Å². The fraction of sp³-hybridized carbons (Fsp3) is 0.438. The first kappa shape index (κ1) is 16.3. The molecule has 24 heavy (non-hydrogen) atoms. The SMILES string of the molecule is CN(Cc1cnn(C)c1)C(=O)Nc1ccc(N2CCOCC2)nc1. The highest BCUT2D eigenvalue weighted by atomic mass is 16.5. The van der Waals surface area contributed by atoms with Crippen LogP contribution < -0.4 is 10.2 Å². The van der Waals surface area contributed by atoms with E-state index in [1.165, 1.54) is 0 Å². The number of hydrogen-bond donors (Lipinski definition) is 1. The number of ether oxygens (including phenoxy) is 1. The van der Waals surface area contributed by atoms with Gasteiger partial charge >= 0.3 is 6.03 Å². The van der Waals surface area contributed by atoms with Crippen LogP contribution in [0.3, 0.4) is 0 Å². The lowest BCUT2D eigenvalue weighted by Gasteiger charge is -2.27. The van der Waals surface area contributed by atoms with E-state index in [4.69, 9.17) is 4.74 Å². The molecule has 1 N–H and O–H groups in total. The molecule has 2 aromatic heterocycles. The van der Waals surface area contributed by atoms with Crippen LogP contribution in [-0.2, 0) is 18.3 Å². The highest BCUT2D eigenvalue weighted by Crippen LogP contribution is 2.16. The van der Waals surface area contributed by atoms with E-state index in [-0.39, 0.29) is 6.03 Å². The smallest absolute Gasteiger partial charge is 0.321 e. The van der Waals surface area contributed by atoms with Crippen LogP contribution in [-0.4, -0.2) is 59.0 Å². The van der Waals surface area contributed by atoms with E-state index in [0.717, 1.165) is 37.7 Å². The van der Waals surface area contributed by atoms with Crippen molar-refractivity contribution in [3.8, 4) is 0 Å². The molecule has 1 aliphatic heterocycles. The monoisotopic (exact) mass is 330 g/mol. The fourth-order valence-corrected chi connectivity index (χ4v) is 2.56. The molecule has 0 saturated carbocycles. The first-order valence-corrected chi connectivity index (χ1v) is 7.90. The van der Waals surface area contributed by atoms with E-state index < -0.39 is 0 Å². The molecule has 8 nitrogen and oxygen atoms in total. The lowest BCUT2D eigenvalue weighted by atomic mass is 10.3. The van der Waals surface area contributed by atoms with Crippen LogP contribution in [0.5, 0.6) is 0 Å². The average molecular weight is 330 g/mol. The number of rotatable bonds is 4. The van der Waals surface area contributed by atoms with Crippen molar-refractivity contribution < 1.29 is 9.53 Å². The Balaban J connectivity index is 1.55. The molecule has 3 rings (SSSR count). The van der Waals surface area contributed by atoms with E-state index in [9.17, 15) is 4.79 Å². The largest absolute Gasteiger partial charge is 0.378 e. The molecular weight excluding hydrogens is 308 g/mol. The number of hydrogen-bond acceptors (Lipinski definition) is 5. The summed E-state index contributed by atoms with van der Waals surface area (Å²) in [6.07, 6.45) is 5.32. The summed E-state index contributed by atoms with van der Waals surface area (Å²) in [4.78, 5) is 20.4. The molecule has 1 aliphatic rings. The summed E-state index contributed by atoms with van der Waals surface area (Å²) in [7, 11) is 3.60. The van der Waals surface area contributed by atoms with Crippen molar-refractivity contribution in [1.82, 2.24) is 19.7 Å². The molecule has 0 bridgehead atoms. The number of nitrogens with zero attached hydrogens (tertiary/aromatic N) is 5. The van der Waals surface area contributed by atoms with Gasteiger partial charge in [0.1, 0.15) is 5.82 Å². The highest BCUT2D eigenvalue weighted by molar-refractivity contribution is 5.89. The van der Waals surface area contributed by atoms with Crippen LogP contribution in [0, 0.1) is 0 Å². The van der Waals surface area contributed by atoms with Gasteiger partial charge in [-0.25, -0.2) is 9.78 Å². The minimum atomic E-state index is -0.181. The lowest BCUT2D eigenvalue weighted by Crippen LogP contribution is -2.36. The maximum atomic E-state index is 12.2. The van der Waals surface area contributed by atoms with E-state index in [1.807, 2.05) is 25.4 Å². The van der Waals surface area contributed by atoms with Crippen molar-refractivity contribution in [1.29, 1.82) is 0 Å². The maximum absolute atomic E-state index is 12.2. The number of nitrogens with one attached hydrogen (secondary N) is 1. The third-order valence-electron chi connectivity index (χ3n) is 3.86. The number of aryl methyl sites for hydroxylation is 1. The Labute approximate surface area is 141 Å². The third-order valence-corrected chi connectivity index (χ3v) is 3.86. The summed E-state index contributed by atoms with van der Waals surface area (Å²) in [6.45, 7) is 3.62. The molecule has 1 saturated heterocycles. The topological polar surface area (TPSA) is 75.5 Å². The molecule has 2 aromatic rings. The molecule has 0 spiro atoms. The quantitative estimate of drug-likeness (QED) is 0.915. The molecule has 0 radical (unpaired) electrons. The summed E-state index contributed by atoms with van der Waals surface area (Å²) in [5.41, 5.74) is 1.66. The molecule has 0 aliphatic carbocycles. The Morgan fingerprint density at radius 1 is 1.33 bits per heavy atom.